The molecule has 2 aromatic carbocycles. The van der Waals surface area contributed by atoms with Crippen LogP contribution in [0.5, 0.6) is 0 Å². The fourth-order valence-electron chi connectivity index (χ4n) is 1.83. The molecule has 0 spiro atoms. The van der Waals surface area contributed by atoms with Crippen molar-refractivity contribution in [2.45, 2.75) is 13.0 Å². The summed E-state index contributed by atoms with van der Waals surface area (Å²) in [4.78, 5) is 0. The van der Waals surface area contributed by atoms with E-state index >= 15 is 0 Å². The molecule has 18 heavy (non-hydrogen) atoms. The Morgan fingerprint density at radius 3 is 2.56 bits per heavy atom. The molecule has 94 valence electrons. The molecule has 0 radical (unpaired) electrons. The third-order valence-electron chi connectivity index (χ3n) is 2.64. The van der Waals surface area contributed by atoms with Crippen LogP contribution < -0.4 is 0 Å². The molecule has 0 saturated heterocycles. The van der Waals surface area contributed by atoms with Crippen molar-refractivity contribution in [2.24, 2.45) is 0 Å². The highest BCUT2D eigenvalue weighted by atomic mass is 79.9. The van der Waals surface area contributed by atoms with Crippen LogP contribution in [0.3, 0.4) is 0 Å². The lowest BCUT2D eigenvalue weighted by atomic mass is 10.00. The smallest absolute Gasteiger partial charge is 0.123 e. The highest BCUT2D eigenvalue weighted by Crippen LogP contribution is 2.31. The van der Waals surface area contributed by atoms with E-state index in [9.17, 15) is 9.50 Å². The third-order valence-corrected chi connectivity index (χ3v) is 3.46. The summed E-state index contributed by atoms with van der Waals surface area (Å²) in [6.45, 7) is 1.78. The zero-order valence-electron chi connectivity index (χ0n) is 9.62. The second-order valence-electron chi connectivity index (χ2n) is 4.13. The van der Waals surface area contributed by atoms with Crippen LogP contribution in [0.1, 0.15) is 22.8 Å². The van der Waals surface area contributed by atoms with Crippen LogP contribution in [0, 0.1) is 12.7 Å². The molecule has 0 aliphatic heterocycles. The van der Waals surface area contributed by atoms with Crippen molar-refractivity contribution in [2.75, 3.05) is 0 Å². The predicted octanol–water partition coefficient (Wildman–Crippen LogP) is 4.63. The van der Waals surface area contributed by atoms with Crippen LogP contribution in [0.25, 0.3) is 0 Å². The van der Waals surface area contributed by atoms with Gasteiger partial charge in [-0.3, -0.25) is 0 Å². The maximum atomic E-state index is 13.3. The first-order chi connectivity index (χ1) is 8.47. The van der Waals surface area contributed by atoms with Gasteiger partial charge in [0.2, 0.25) is 0 Å². The van der Waals surface area contributed by atoms with Crippen LogP contribution >= 0.6 is 27.5 Å². The molecule has 0 aliphatic rings. The van der Waals surface area contributed by atoms with Gasteiger partial charge in [0.25, 0.3) is 0 Å². The molecule has 0 heterocycles. The van der Waals surface area contributed by atoms with Crippen LogP contribution in [0.15, 0.2) is 40.9 Å². The molecule has 1 nitrogen and oxygen atoms in total. The second-order valence-corrected chi connectivity index (χ2v) is 5.45. The van der Waals surface area contributed by atoms with E-state index in [1.807, 2.05) is 0 Å². The SMILES string of the molecule is Cc1cc(F)cc(C(O)c2ccc(Br)cc2Cl)c1. The molecule has 0 amide bonds. The van der Waals surface area contributed by atoms with Crippen molar-refractivity contribution in [3.63, 3.8) is 0 Å². The Bertz CT molecular complexity index is 566. The quantitative estimate of drug-likeness (QED) is 0.851. The summed E-state index contributed by atoms with van der Waals surface area (Å²) in [6.07, 6.45) is -0.931. The summed E-state index contributed by atoms with van der Waals surface area (Å²) in [5.74, 6) is -0.364. The standard InChI is InChI=1S/C14H11BrClFO/c1-8-4-9(6-11(17)5-8)14(18)12-3-2-10(15)7-13(12)16/h2-7,14,18H,1H3. The minimum Gasteiger partial charge on any atom is -0.384 e. The van der Waals surface area contributed by atoms with Gasteiger partial charge in [-0.15, -0.1) is 0 Å². The largest absolute Gasteiger partial charge is 0.384 e. The summed E-state index contributed by atoms with van der Waals surface area (Å²) in [5.41, 5.74) is 1.82. The Hall–Kier alpha value is -0.900. The van der Waals surface area contributed by atoms with Gasteiger partial charge in [0.1, 0.15) is 11.9 Å². The Balaban J connectivity index is 2.44. The van der Waals surface area contributed by atoms with Crippen molar-refractivity contribution in [3.05, 3.63) is 68.4 Å². The molecular formula is C14H11BrClFO. The number of rotatable bonds is 2. The predicted molar refractivity (Wildman–Crippen MR) is 74.4 cm³/mol. The van der Waals surface area contributed by atoms with Gasteiger partial charge in [0.05, 0.1) is 0 Å². The van der Waals surface area contributed by atoms with E-state index in [2.05, 4.69) is 15.9 Å². The van der Waals surface area contributed by atoms with Gasteiger partial charge in [0.15, 0.2) is 0 Å². The van der Waals surface area contributed by atoms with Crippen molar-refractivity contribution < 1.29 is 9.50 Å². The van der Waals surface area contributed by atoms with E-state index in [4.69, 9.17) is 11.6 Å². The lowest BCUT2D eigenvalue weighted by Gasteiger charge is -2.14. The molecule has 0 fully saturated rings. The number of aliphatic hydroxyl groups is 1. The number of aryl methyl sites for hydroxylation is 1. The molecule has 0 aliphatic carbocycles. The average Bonchev–Trinajstić information content (AvgIpc) is 2.26. The minimum atomic E-state index is -0.931. The molecule has 0 saturated carbocycles. The highest BCUT2D eigenvalue weighted by molar-refractivity contribution is 9.10. The maximum Gasteiger partial charge on any atom is 0.123 e. The second kappa shape index (κ2) is 5.39. The zero-order valence-corrected chi connectivity index (χ0v) is 12.0. The fraction of sp³-hybridized carbons (Fsp3) is 0.143. The Morgan fingerprint density at radius 2 is 1.94 bits per heavy atom. The summed E-state index contributed by atoms with van der Waals surface area (Å²) < 4.78 is 14.1. The number of hydrogen-bond acceptors (Lipinski definition) is 1. The van der Waals surface area contributed by atoms with Crippen molar-refractivity contribution >= 4 is 27.5 Å². The number of halogens is 3. The number of hydrogen-bond donors (Lipinski definition) is 1. The van der Waals surface area contributed by atoms with Crippen LogP contribution in [-0.4, -0.2) is 5.11 Å². The van der Waals surface area contributed by atoms with Gasteiger partial charge in [-0.05, 0) is 42.3 Å². The molecule has 2 rings (SSSR count). The molecule has 0 aromatic heterocycles. The Kier molecular flexibility index (Phi) is 4.05. The molecule has 0 bridgehead atoms. The number of aliphatic hydroxyl groups excluding tert-OH is 1. The molecular weight excluding hydrogens is 319 g/mol. The lowest BCUT2D eigenvalue weighted by molar-refractivity contribution is 0.220. The van der Waals surface area contributed by atoms with E-state index in [1.165, 1.54) is 12.1 Å². The third kappa shape index (κ3) is 2.91. The topological polar surface area (TPSA) is 20.2 Å². The van der Waals surface area contributed by atoms with Crippen LogP contribution in [0.2, 0.25) is 5.02 Å². The molecule has 1 atom stereocenters. The van der Waals surface area contributed by atoms with Crippen LogP contribution in [0.4, 0.5) is 4.39 Å². The summed E-state index contributed by atoms with van der Waals surface area (Å²) in [7, 11) is 0. The van der Waals surface area contributed by atoms with E-state index in [0.29, 0.717) is 16.1 Å². The van der Waals surface area contributed by atoms with Gasteiger partial charge in [-0.2, -0.15) is 0 Å². The normalized spacial score (nSPS) is 12.5. The van der Waals surface area contributed by atoms with Crippen molar-refractivity contribution in [1.82, 2.24) is 0 Å². The highest BCUT2D eigenvalue weighted by Gasteiger charge is 2.15. The van der Waals surface area contributed by atoms with Gasteiger partial charge in [-0.25, -0.2) is 4.39 Å². The van der Waals surface area contributed by atoms with E-state index in [0.717, 1.165) is 10.0 Å². The van der Waals surface area contributed by atoms with Gasteiger partial charge >= 0.3 is 0 Å². The van der Waals surface area contributed by atoms with E-state index in [-0.39, 0.29) is 5.82 Å². The molecule has 2 aromatic rings. The first-order valence-corrected chi connectivity index (χ1v) is 6.54. The molecule has 1 unspecified atom stereocenters. The van der Waals surface area contributed by atoms with Crippen molar-refractivity contribution in [1.29, 1.82) is 0 Å². The van der Waals surface area contributed by atoms with Crippen LogP contribution in [-0.2, 0) is 0 Å². The first kappa shape index (κ1) is 13.5. The van der Waals surface area contributed by atoms with Gasteiger partial charge in [-0.1, -0.05) is 39.7 Å². The Labute approximate surface area is 118 Å². The number of benzene rings is 2. The lowest BCUT2D eigenvalue weighted by Crippen LogP contribution is -2.01. The Morgan fingerprint density at radius 1 is 1.22 bits per heavy atom. The maximum absolute atomic E-state index is 13.3. The van der Waals surface area contributed by atoms with Gasteiger partial charge in [0, 0.05) is 15.1 Å². The summed E-state index contributed by atoms with van der Waals surface area (Å²) in [5, 5.41) is 10.7. The molecule has 1 N–H and O–H groups in total. The summed E-state index contributed by atoms with van der Waals surface area (Å²) >= 11 is 9.37. The monoisotopic (exact) mass is 328 g/mol. The van der Waals surface area contributed by atoms with E-state index < -0.39 is 6.10 Å². The van der Waals surface area contributed by atoms with Crippen molar-refractivity contribution in [3.8, 4) is 0 Å². The van der Waals surface area contributed by atoms with E-state index in [1.54, 1.807) is 31.2 Å². The minimum absolute atomic E-state index is 0.364. The fourth-order valence-corrected chi connectivity index (χ4v) is 2.60. The first-order valence-electron chi connectivity index (χ1n) is 5.37. The zero-order chi connectivity index (χ0) is 13.3. The van der Waals surface area contributed by atoms with Gasteiger partial charge < -0.3 is 5.11 Å². The average molecular weight is 330 g/mol. The summed E-state index contributed by atoms with van der Waals surface area (Å²) in [6, 6.07) is 9.68. The molecule has 4 heteroatoms.